The van der Waals surface area contributed by atoms with Gasteiger partial charge in [0.2, 0.25) is 0 Å². The van der Waals surface area contributed by atoms with Crippen LogP contribution in [0, 0.1) is 0 Å². The van der Waals surface area contributed by atoms with Crippen LogP contribution in [0.25, 0.3) is 33.4 Å². The van der Waals surface area contributed by atoms with Crippen molar-refractivity contribution in [2.24, 2.45) is 0 Å². The van der Waals surface area contributed by atoms with Crippen molar-refractivity contribution in [2.75, 3.05) is 0 Å². The number of benzene rings is 8. The zero-order valence-corrected chi connectivity index (χ0v) is 27.8. The molecule has 0 amide bonds. The summed E-state index contributed by atoms with van der Waals surface area (Å²) in [6.45, 7) is 0. The van der Waals surface area contributed by atoms with Gasteiger partial charge in [0.1, 0.15) is 0 Å². The third-order valence-corrected chi connectivity index (χ3v) is 10.5. The maximum Gasteiger partial charge on any atom is 0.0713 e. The fourth-order valence-corrected chi connectivity index (χ4v) is 8.31. The van der Waals surface area contributed by atoms with Crippen LogP contribution in [0.15, 0.2) is 212 Å². The Morgan fingerprint density at radius 2 is 0.700 bits per heavy atom. The van der Waals surface area contributed by atoms with E-state index in [9.17, 15) is 0 Å². The molecule has 50 heavy (non-hydrogen) atoms. The molecule has 8 aromatic rings. The van der Waals surface area contributed by atoms with E-state index in [4.69, 9.17) is 0 Å². The highest BCUT2D eigenvalue weighted by molar-refractivity contribution is 5.89. The monoisotopic (exact) mass is 636 g/mol. The van der Waals surface area contributed by atoms with Crippen molar-refractivity contribution in [1.82, 2.24) is 0 Å². The molecule has 9 rings (SSSR count). The molecule has 0 saturated heterocycles. The van der Waals surface area contributed by atoms with Gasteiger partial charge >= 0.3 is 0 Å². The Balaban J connectivity index is 1.29. The number of fused-ring (bicyclic) bond motifs is 3. The van der Waals surface area contributed by atoms with Gasteiger partial charge in [-0.2, -0.15) is 0 Å². The van der Waals surface area contributed by atoms with Gasteiger partial charge in [0, 0.05) is 5.92 Å². The van der Waals surface area contributed by atoms with E-state index in [2.05, 4.69) is 212 Å². The lowest BCUT2D eigenvalue weighted by molar-refractivity contribution is 0.767. The minimum absolute atomic E-state index is 0.0231. The van der Waals surface area contributed by atoms with Crippen molar-refractivity contribution in [1.29, 1.82) is 0 Å². The molecule has 0 unspecified atom stereocenters. The summed E-state index contributed by atoms with van der Waals surface area (Å²) in [5.74, 6) is 0.0231. The normalized spacial score (nSPS) is 12.7. The summed E-state index contributed by atoms with van der Waals surface area (Å²) < 4.78 is 0. The first-order chi connectivity index (χ1) is 24.8. The highest BCUT2D eigenvalue weighted by atomic mass is 14.5. The predicted molar refractivity (Wildman–Crippen MR) is 208 cm³/mol. The van der Waals surface area contributed by atoms with Crippen LogP contribution in [0.2, 0.25) is 0 Å². The van der Waals surface area contributed by atoms with Gasteiger partial charge < -0.3 is 0 Å². The molecule has 0 fully saturated rings. The van der Waals surface area contributed by atoms with E-state index in [1.165, 1.54) is 72.3 Å². The van der Waals surface area contributed by atoms with E-state index in [1.807, 2.05) is 0 Å². The van der Waals surface area contributed by atoms with E-state index >= 15 is 0 Å². The first kappa shape index (κ1) is 29.9. The predicted octanol–water partition coefficient (Wildman–Crippen LogP) is 12.6. The van der Waals surface area contributed by atoms with Crippen LogP contribution in [0.5, 0.6) is 0 Å². The Bertz CT molecular complexity index is 2250. The molecule has 0 radical (unpaired) electrons. The second-order valence-electron chi connectivity index (χ2n) is 13.2. The Morgan fingerprint density at radius 3 is 1.20 bits per heavy atom. The zero-order valence-electron chi connectivity index (χ0n) is 27.8. The molecule has 0 aromatic heterocycles. The SMILES string of the molecule is c1ccc(-c2ccc(C(c3ccc(-c4ccccc4)cc3)c3cccc4c3-c3ccccc3C4(c3ccccc3)c3ccccc3)cc2)cc1. The summed E-state index contributed by atoms with van der Waals surface area (Å²) in [6, 6.07) is 78.0. The minimum atomic E-state index is -0.441. The van der Waals surface area contributed by atoms with Gasteiger partial charge in [0.25, 0.3) is 0 Å². The van der Waals surface area contributed by atoms with Gasteiger partial charge in [-0.05, 0) is 72.3 Å². The van der Waals surface area contributed by atoms with E-state index in [1.54, 1.807) is 0 Å². The molecule has 1 aliphatic carbocycles. The molecule has 0 spiro atoms. The van der Waals surface area contributed by atoms with Crippen molar-refractivity contribution in [3.8, 4) is 33.4 Å². The average molecular weight is 637 g/mol. The minimum Gasteiger partial charge on any atom is -0.0622 e. The van der Waals surface area contributed by atoms with E-state index in [0.717, 1.165) is 0 Å². The van der Waals surface area contributed by atoms with Gasteiger partial charge in [-0.1, -0.05) is 212 Å². The molecule has 0 aliphatic heterocycles. The smallest absolute Gasteiger partial charge is 0.0622 e. The lowest BCUT2D eigenvalue weighted by Gasteiger charge is -2.34. The molecular weight excluding hydrogens is 601 g/mol. The first-order valence-electron chi connectivity index (χ1n) is 17.5. The summed E-state index contributed by atoms with van der Waals surface area (Å²) in [5, 5.41) is 0. The third-order valence-electron chi connectivity index (χ3n) is 10.5. The van der Waals surface area contributed by atoms with Crippen LogP contribution in [0.3, 0.4) is 0 Å². The molecular formula is C50H36. The Morgan fingerprint density at radius 1 is 0.300 bits per heavy atom. The fraction of sp³-hybridized carbons (Fsp3) is 0.0400. The Kier molecular flexibility index (Phi) is 7.56. The van der Waals surface area contributed by atoms with Crippen LogP contribution < -0.4 is 0 Å². The maximum atomic E-state index is 2.37. The molecule has 0 heteroatoms. The molecule has 0 atom stereocenters. The molecule has 0 bridgehead atoms. The first-order valence-corrected chi connectivity index (χ1v) is 17.5. The maximum absolute atomic E-state index is 2.37. The van der Waals surface area contributed by atoms with Crippen LogP contribution in [0.4, 0.5) is 0 Å². The topological polar surface area (TPSA) is 0 Å². The van der Waals surface area contributed by atoms with E-state index < -0.39 is 5.41 Å². The molecule has 0 nitrogen and oxygen atoms in total. The molecule has 0 heterocycles. The summed E-state index contributed by atoms with van der Waals surface area (Å²) in [6.07, 6.45) is 0. The second kappa shape index (κ2) is 12.7. The van der Waals surface area contributed by atoms with Gasteiger partial charge in [-0.25, -0.2) is 0 Å². The molecule has 1 aliphatic rings. The van der Waals surface area contributed by atoms with Crippen LogP contribution in [0.1, 0.15) is 44.9 Å². The number of hydrogen-bond acceptors (Lipinski definition) is 0. The Hall–Kier alpha value is -6.24. The van der Waals surface area contributed by atoms with Crippen molar-refractivity contribution in [2.45, 2.75) is 11.3 Å². The highest BCUT2D eigenvalue weighted by Crippen LogP contribution is 2.58. The third kappa shape index (κ3) is 4.92. The number of rotatable bonds is 7. The van der Waals surface area contributed by atoms with Crippen molar-refractivity contribution < 1.29 is 0 Å². The van der Waals surface area contributed by atoms with Crippen LogP contribution in [-0.2, 0) is 5.41 Å². The van der Waals surface area contributed by atoms with Gasteiger partial charge in [0.15, 0.2) is 0 Å². The van der Waals surface area contributed by atoms with E-state index in [-0.39, 0.29) is 5.92 Å². The zero-order chi connectivity index (χ0) is 33.3. The largest absolute Gasteiger partial charge is 0.0713 e. The van der Waals surface area contributed by atoms with Crippen molar-refractivity contribution in [3.63, 3.8) is 0 Å². The average Bonchev–Trinajstić information content (AvgIpc) is 3.52. The standard InChI is InChI=1S/C50H36/c1-5-16-36(17-6-1)38-28-32-40(33-29-38)48(41-34-30-39(31-35-41)37-18-7-2-8-19-37)45-25-15-27-47-49(45)44-24-13-14-26-46(44)50(47,42-20-9-3-10-21-42)43-22-11-4-12-23-43/h1-35,48H. The van der Waals surface area contributed by atoms with Gasteiger partial charge in [0.05, 0.1) is 5.41 Å². The van der Waals surface area contributed by atoms with Crippen LogP contribution in [-0.4, -0.2) is 0 Å². The summed E-state index contributed by atoms with van der Waals surface area (Å²) >= 11 is 0. The van der Waals surface area contributed by atoms with Crippen molar-refractivity contribution in [3.05, 3.63) is 251 Å². The molecule has 8 aromatic carbocycles. The van der Waals surface area contributed by atoms with Gasteiger partial charge in [-0.15, -0.1) is 0 Å². The van der Waals surface area contributed by atoms with Crippen LogP contribution >= 0.6 is 0 Å². The van der Waals surface area contributed by atoms with Crippen molar-refractivity contribution >= 4 is 0 Å². The van der Waals surface area contributed by atoms with Gasteiger partial charge in [-0.3, -0.25) is 0 Å². The van der Waals surface area contributed by atoms with E-state index in [0.29, 0.717) is 0 Å². The second-order valence-corrected chi connectivity index (χ2v) is 13.2. The lowest BCUT2D eigenvalue weighted by Crippen LogP contribution is -2.28. The fourth-order valence-electron chi connectivity index (χ4n) is 8.31. The number of hydrogen-bond donors (Lipinski definition) is 0. The summed E-state index contributed by atoms with van der Waals surface area (Å²) in [4.78, 5) is 0. The highest BCUT2D eigenvalue weighted by Gasteiger charge is 2.47. The quantitative estimate of drug-likeness (QED) is 0.153. The molecule has 0 saturated carbocycles. The Labute approximate surface area is 295 Å². The molecule has 236 valence electrons. The molecule has 0 N–H and O–H groups in total. The lowest BCUT2D eigenvalue weighted by atomic mass is 9.67. The summed E-state index contributed by atoms with van der Waals surface area (Å²) in [5.41, 5.74) is 16.2. The summed E-state index contributed by atoms with van der Waals surface area (Å²) in [7, 11) is 0.